The van der Waals surface area contributed by atoms with Gasteiger partial charge < -0.3 is 5.32 Å². The Labute approximate surface area is 152 Å². The van der Waals surface area contributed by atoms with Crippen LogP contribution in [0.1, 0.15) is 29.5 Å². The predicted octanol–water partition coefficient (Wildman–Crippen LogP) is 5.04. The first-order chi connectivity index (χ1) is 12.4. The fourth-order valence-electron chi connectivity index (χ4n) is 2.66. The molecular weight excluding hydrogens is 361 g/mol. The standard InChI is InChI=1S/C19H17F3N2OS/c20-19(21,22)18(13-7-2-1-3-8-13)24-16(25)11-6-12-17-23-14-9-4-5-10-15(14)26-17/h1-5,7-10,18H,6,11-12H2,(H,24,25). The number of nitrogens with zero attached hydrogens (tertiary/aromatic N) is 1. The van der Waals surface area contributed by atoms with Gasteiger partial charge in [-0.2, -0.15) is 13.2 Å². The van der Waals surface area contributed by atoms with Crippen LogP contribution in [0.2, 0.25) is 0 Å². The maximum atomic E-state index is 13.2. The molecule has 0 saturated carbocycles. The summed E-state index contributed by atoms with van der Waals surface area (Å²) in [6, 6.07) is 13.1. The minimum Gasteiger partial charge on any atom is -0.341 e. The predicted molar refractivity (Wildman–Crippen MR) is 95.9 cm³/mol. The van der Waals surface area contributed by atoms with Gasteiger partial charge in [0.05, 0.1) is 15.2 Å². The summed E-state index contributed by atoms with van der Waals surface area (Å²) in [5.41, 5.74) is 0.928. The lowest BCUT2D eigenvalue weighted by Gasteiger charge is -2.22. The zero-order valence-corrected chi connectivity index (χ0v) is 14.6. The summed E-state index contributed by atoms with van der Waals surface area (Å²) in [5, 5.41) is 2.99. The number of carbonyl (C=O) groups excluding carboxylic acids is 1. The van der Waals surface area contributed by atoms with Gasteiger partial charge in [0.1, 0.15) is 0 Å². The van der Waals surface area contributed by atoms with Gasteiger partial charge in [-0.15, -0.1) is 11.3 Å². The van der Waals surface area contributed by atoms with Crippen molar-refractivity contribution in [1.82, 2.24) is 10.3 Å². The van der Waals surface area contributed by atoms with Gasteiger partial charge in [-0.25, -0.2) is 4.98 Å². The second-order valence-corrected chi connectivity index (χ2v) is 7.00. The van der Waals surface area contributed by atoms with Gasteiger partial charge in [-0.3, -0.25) is 4.79 Å². The lowest BCUT2D eigenvalue weighted by atomic mass is 10.1. The van der Waals surface area contributed by atoms with Crippen LogP contribution in [0, 0.1) is 0 Å². The van der Waals surface area contributed by atoms with E-state index in [9.17, 15) is 18.0 Å². The van der Waals surface area contributed by atoms with Crippen LogP contribution >= 0.6 is 11.3 Å². The van der Waals surface area contributed by atoms with Crippen LogP contribution in [-0.4, -0.2) is 17.1 Å². The van der Waals surface area contributed by atoms with Gasteiger partial charge >= 0.3 is 6.18 Å². The van der Waals surface area contributed by atoms with Gasteiger partial charge in [-0.1, -0.05) is 42.5 Å². The zero-order chi connectivity index (χ0) is 18.6. The third-order valence-corrected chi connectivity index (χ3v) is 4.99. The fourth-order valence-corrected chi connectivity index (χ4v) is 3.67. The minimum atomic E-state index is -4.54. The van der Waals surface area contributed by atoms with E-state index in [0.29, 0.717) is 12.8 Å². The molecule has 0 aliphatic carbocycles. The number of amides is 1. The normalized spacial score (nSPS) is 12.9. The minimum absolute atomic E-state index is 0.0232. The highest BCUT2D eigenvalue weighted by molar-refractivity contribution is 7.18. The smallest absolute Gasteiger partial charge is 0.341 e. The molecule has 1 atom stereocenters. The number of para-hydroxylation sites is 1. The van der Waals surface area contributed by atoms with Crippen molar-refractivity contribution in [1.29, 1.82) is 0 Å². The number of hydrogen-bond donors (Lipinski definition) is 1. The highest BCUT2D eigenvalue weighted by atomic mass is 32.1. The monoisotopic (exact) mass is 378 g/mol. The third-order valence-electron chi connectivity index (χ3n) is 3.90. The van der Waals surface area contributed by atoms with Crippen LogP contribution in [0.5, 0.6) is 0 Å². The second-order valence-electron chi connectivity index (χ2n) is 5.88. The summed E-state index contributed by atoms with van der Waals surface area (Å²) >= 11 is 1.54. The fraction of sp³-hybridized carbons (Fsp3) is 0.263. The number of aryl methyl sites for hydroxylation is 1. The first kappa shape index (κ1) is 18.4. The van der Waals surface area contributed by atoms with E-state index in [1.165, 1.54) is 24.3 Å². The van der Waals surface area contributed by atoms with E-state index in [4.69, 9.17) is 0 Å². The van der Waals surface area contributed by atoms with E-state index in [0.717, 1.165) is 15.2 Å². The Bertz CT molecular complexity index is 844. The Balaban J connectivity index is 1.57. The summed E-state index contributed by atoms with van der Waals surface area (Å²) in [6.07, 6.45) is -3.50. The quantitative estimate of drug-likeness (QED) is 0.653. The molecule has 1 amide bonds. The van der Waals surface area contributed by atoms with E-state index in [-0.39, 0.29) is 12.0 Å². The maximum Gasteiger partial charge on any atom is 0.412 e. The molecule has 3 rings (SSSR count). The van der Waals surface area contributed by atoms with Gasteiger partial charge in [0.15, 0.2) is 6.04 Å². The molecule has 0 aliphatic heterocycles. The molecule has 26 heavy (non-hydrogen) atoms. The van der Waals surface area contributed by atoms with Crippen molar-refractivity contribution in [3.63, 3.8) is 0 Å². The number of rotatable bonds is 6. The van der Waals surface area contributed by atoms with Crippen molar-refractivity contribution in [2.75, 3.05) is 0 Å². The Hall–Kier alpha value is -2.41. The topological polar surface area (TPSA) is 42.0 Å². The molecule has 1 unspecified atom stereocenters. The van der Waals surface area contributed by atoms with Crippen molar-refractivity contribution in [2.24, 2.45) is 0 Å². The number of thiazole rings is 1. The highest BCUT2D eigenvalue weighted by Gasteiger charge is 2.41. The molecule has 0 spiro atoms. The van der Waals surface area contributed by atoms with Crippen LogP contribution in [-0.2, 0) is 11.2 Å². The summed E-state index contributed by atoms with van der Waals surface area (Å²) in [5.74, 6) is -0.614. The molecule has 0 fully saturated rings. The number of benzene rings is 2. The molecule has 1 N–H and O–H groups in total. The molecule has 136 valence electrons. The number of hydrogen-bond acceptors (Lipinski definition) is 3. The Kier molecular flexibility index (Phi) is 5.56. The van der Waals surface area contributed by atoms with Crippen molar-refractivity contribution in [3.05, 3.63) is 65.2 Å². The zero-order valence-electron chi connectivity index (χ0n) is 13.8. The Morgan fingerprint density at radius 2 is 1.77 bits per heavy atom. The van der Waals surface area contributed by atoms with Crippen LogP contribution in [0.4, 0.5) is 13.2 Å². The molecule has 0 saturated heterocycles. The van der Waals surface area contributed by atoms with Gasteiger partial charge in [0, 0.05) is 6.42 Å². The molecule has 3 nitrogen and oxygen atoms in total. The average molecular weight is 378 g/mol. The molecular formula is C19H17F3N2OS. The third kappa shape index (κ3) is 4.60. The maximum absolute atomic E-state index is 13.2. The summed E-state index contributed by atoms with van der Waals surface area (Å²) in [7, 11) is 0. The lowest BCUT2D eigenvalue weighted by molar-refractivity contribution is -0.163. The molecule has 2 aromatic carbocycles. The summed E-state index contributed by atoms with van der Waals surface area (Å²) < 4.78 is 40.8. The van der Waals surface area contributed by atoms with Crippen LogP contribution in [0.3, 0.4) is 0 Å². The van der Waals surface area contributed by atoms with Crippen LogP contribution < -0.4 is 5.32 Å². The van der Waals surface area contributed by atoms with Gasteiger partial charge in [0.25, 0.3) is 0 Å². The Morgan fingerprint density at radius 3 is 2.46 bits per heavy atom. The number of carbonyl (C=O) groups is 1. The average Bonchev–Trinajstić information content (AvgIpc) is 3.02. The van der Waals surface area contributed by atoms with E-state index < -0.39 is 18.1 Å². The van der Waals surface area contributed by atoms with E-state index >= 15 is 0 Å². The molecule has 0 aliphatic rings. The molecule has 7 heteroatoms. The van der Waals surface area contributed by atoms with E-state index in [1.54, 1.807) is 17.4 Å². The number of halogens is 3. The molecule has 0 bridgehead atoms. The molecule has 1 heterocycles. The van der Waals surface area contributed by atoms with Crippen LogP contribution in [0.25, 0.3) is 10.2 Å². The van der Waals surface area contributed by atoms with Crippen molar-refractivity contribution >= 4 is 27.5 Å². The lowest BCUT2D eigenvalue weighted by Crippen LogP contribution is -2.38. The highest BCUT2D eigenvalue weighted by Crippen LogP contribution is 2.32. The van der Waals surface area contributed by atoms with Crippen LogP contribution in [0.15, 0.2) is 54.6 Å². The summed E-state index contributed by atoms with van der Waals surface area (Å²) in [6.45, 7) is 0. The van der Waals surface area contributed by atoms with Gasteiger partial charge in [0.2, 0.25) is 5.91 Å². The first-order valence-corrected chi connectivity index (χ1v) is 9.00. The van der Waals surface area contributed by atoms with E-state index in [2.05, 4.69) is 10.3 Å². The van der Waals surface area contributed by atoms with Crippen molar-refractivity contribution in [3.8, 4) is 0 Å². The van der Waals surface area contributed by atoms with Crippen molar-refractivity contribution in [2.45, 2.75) is 31.5 Å². The SMILES string of the molecule is O=C(CCCc1nc2ccccc2s1)NC(c1ccccc1)C(F)(F)F. The number of alkyl halides is 3. The molecule has 3 aromatic rings. The second kappa shape index (κ2) is 7.86. The number of fused-ring (bicyclic) bond motifs is 1. The molecule has 1 aromatic heterocycles. The van der Waals surface area contributed by atoms with Gasteiger partial charge in [-0.05, 0) is 30.5 Å². The largest absolute Gasteiger partial charge is 0.412 e. The number of nitrogens with one attached hydrogen (secondary N) is 1. The molecule has 0 radical (unpaired) electrons. The van der Waals surface area contributed by atoms with E-state index in [1.807, 2.05) is 24.3 Å². The summed E-state index contributed by atoms with van der Waals surface area (Å²) in [4.78, 5) is 16.5. The number of aromatic nitrogens is 1. The first-order valence-electron chi connectivity index (χ1n) is 8.19. The Morgan fingerprint density at radius 1 is 1.08 bits per heavy atom. The van der Waals surface area contributed by atoms with Crippen molar-refractivity contribution < 1.29 is 18.0 Å².